The van der Waals surface area contributed by atoms with Gasteiger partial charge < -0.3 is 15.2 Å². The van der Waals surface area contributed by atoms with E-state index in [1.807, 2.05) is 18.2 Å². The van der Waals surface area contributed by atoms with Crippen LogP contribution in [0.2, 0.25) is 0 Å². The molecule has 0 aliphatic carbocycles. The van der Waals surface area contributed by atoms with Crippen molar-refractivity contribution in [1.29, 1.82) is 0 Å². The largest absolute Gasteiger partial charge is 0.481 e. The fourth-order valence-electron chi connectivity index (χ4n) is 2.87. The van der Waals surface area contributed by atoms with Gasteiger partial charge in [-0.1, -0.05) is 18.2 Å². The number of hydrogen-bond acceptors (Lipinski definition) is 3. The molecule has 0 radical (unpaired) electrons. The van der Waals surface area contributed by atoms with Crippen molar-refractivity contribution in [1.82, 2.24) is 5.32 Å². The molecule has 1 amide bonds. The summed E-state index contributed by atoms with van der Waals surface area (Å²) in [5.74, 6) is -2.27. The number of nitrogens with one attached hydrogen (secondary N) is 1. The third-order valence-electron chi connectivity index (χ3n) is 3.60. The quantitative estimate of drug-likeness (QED) is 0.729. The topological polar surface area (TPSA) is 75.6 Å². The van der Waals surface area contributed by atoms with Crippen molar-refractivity contribution in [3.63, 3.8) is 0 Å². The minimum atomic E-state index is -1.09. The van der Waals surface area contributed by atoms with Crippen LogP contribution in [0.15, 0.2) is 24.3 Å². The molecule has 3 atom stereocenters. The molecule has 1 aromatic carbocycles. The van der Waals surface area contributed by atoms with E-state index in [-0.39, 0.29) is 5.92 Å². The minimum Gasteiger partial charge on any atom is -0.481 e. The molecular formula is C13H13NO4. The summed E-state index contributed by atoms with van der Waals surface area (Å²) >= 11 is 0. The Kier molecular flexibility index (Phi) is 2.14. The van der Waals surface area contributed by atoms with Crippen LogP contribution in [0.25, 0.3) is 0 Å². The van der Waals surface area contributed by atoms with Gasteiger partial charge in [-0.3, -0.25) is 9.59 Å². The first-order valence-electron chi connectivity index (χ1n) is 5.83. The van der Waals surface area contributed by atoms with Crippen LogP contribution in [-0.4, -0.2) is 22.7 Å². The van der Waals surface area contributed by atoms with E-state index in [0.717, 1.165) is 5.56 Å². The van der Waals surface area contributed by atoms with Gasteiger partial charge in [0.1, 0.15) is 11.7 Å². The van der Waals surface area contributed by atoms with Crippen LogP contribution in [0.4, 0.5) is 0 Å². The Hall–Kier alpha value is -2.04. The van der Waals surface area contributed by atoms with E-state index in [1.165, 1.54) is 0 Å². The highest BCUT2D eigenvalue weighted by Gasteiger charge is 2.51. The second-order valence-electron chi connectivity index (χ2n) is 4.99. The van der Waals surface area contributed by atoms with E-state index in [2.05, 4.69) is 5.32 Å². The number of carboxylic acids is 1. The first kappa shape index (κ1) is 11.1. The van der Waals surface area contributed by atoms with Gasteiger partial charge >= 0.3 is 5.97 Å². The maximum Gasteiger partial charge on any atom is 0.316 e. The molecule has 2 bridgehead atoms. The zero-order valence-corrected chi connectivity index (χ0v) is 9.84. The molecule has 3 rings (SSSR count). The third-order valence-corrected chi connectivity index (χ3v) is 3.60. The van der Waals surface area contributed by atoms with E-state index < -0.39 is 23.5 Å². The molecular weight excluding hydrogens is 234 g/mol. The number of carbonyl (C=O) groups excluding carboxylic acids is 1. The Bertz CT molecular complexity index is 542. The van der Waals surface area contributed by atoms with Crippen LogP contribution in [0.3, 0.4) is 0 Å². The van der Waals surface area contributed by atoms with Gasteiger partial charge in [0, 0.05) is 12.3 Å². The number of piperidine rings is 1. The lowest BCUT2D eigenvalue weighted by molar-refractivity contribution is -0.156. The average Bonchev–Trinajstić information content (AvgIpc) is 2.26. The minimum absolute atomic E-state index is 0.328. The van der Waals surface area contributed by atoms with Crippen molar-refractivity contribution in [2.45, 2.75) is 25.0 Å². The molecule has 2 heterocycles. The Morgan fingerprint density at radius 1 is 1.50 bits per heavy atom. The number of carbonyl (C=O) groups is 2. The Morgan fingerprint density at radius 2 is 2.22 bits per heavy atom. The van der Waals surface area contributed by atoms with Crippen LogP contribution >= 0.6 is 0 Å². The lowest BCUT2D eigenvalue weighted by atomic mass is 9.75. The summed E-state index contributed by atoms with van der Waals surface area (Å²) in [6.07, 6.45) is 0.479. The zero-order chi connectivity index (χ0) is 12.9. The van der Waals surface area contributed by atoms with Crippen molar-refractivity contribution < 1.29 is 19.4 Å². The number of carboxylic acid groups (broad SMARTS) is 1. The molecule has 2 aliphatic heterocycles. The molecule has 0 saturated carbocycles. The van der Waals surface area contributed by atoms with Gasteiger partial charge in [0.15, 0.2) is 5.72 Å². The molecule has 0 spiro atoms. The molecule has 2 N–H and O–H groups in total. The van der Waals surface area contributed by atoms with Gasteiger partial charge in [0.05, 0.1) is 0 Å². The summed E-state index contributed by atoms with van der Waals surface area (Å²) in [5, 5.41) is 11.9. The summed E-state index contributed by atoms with van der Waals surface area (Å²) < 4.78 is 5.76. The molecule has 1 saturated heterocycles. The third kappa shape index (κ3) is 1.47. The molecule has 0 aromatic heterocycles. The number of rotatable bonds is 1. The van der Waals surface area contributed by atoms with Gasteiger partial charge in [-0.25, -0.2) is 0 Å². The molecule has 1 aromatic rings. The van der Waals surface area contributed by atoms with E-state index >= 15 is 0 Å². The zero-order valence-electron chi connectivity index (χ0n) is 9.84. The van der Waals surface area contributed by atoms with Crippen LogP contribution in [-0.2, 0) is 9.59 Å². The predicted octanol–water partition coefficient (Wildman–Crippen LogP) is 1.10. The highest BCUT2D eigenvalue weighted by atomic mass is 16.5. The van der Waals surface area contributed by atoms with Crippen molar-refractivity contribution in [3.8, 4) is 5.75 Å². The standard InChI is InChI=1S/C13H13NO4/c1-13-6-8(10(12(16)17)11(15)14-13)7-4-2-3-5-9(7)18-13/h2-5,8,10H,6H2,1H3,(H,14,15)(H,16,17)/t8-,10-,13+/m0/s1. The fourth-order valence-corrected chi connectivity index (χ4v) is 2.87. The summed E-state index contributed by atoms with van der Waals surface area (Å²) in [6, 6.07) is 7.29. The fraction of sp³-hybridized carbons (Fsp3) is 0.385. The Labute approximate surface area is 104 Å². The van der Waals surface area contributed by atoms with E-state index in [0.29, 0.717) is 12.2 Å². The van der Waals surface area contributed by atoms with Crippen LogP contribution in [0.1, 0.15) is 24.8 Å². The van der Waals surface area contributed by atoms with E-state index in [1.54, 1.807) is 13.0 Å². The van der Waals surface area contributed by atoms with E-state index in [4.69, 9.17) is 4.74 Å². The van der Waals surface area contributed by atoms with Crippen molar-refractivity contribution in [2.75, 3.05) is 0 Å². The maximum atomic E-state index is 11.9. The predicted molar refractivity (Wildman–Crippen MR) is 62.1 cm³/mol. The van der Waals surface area contributed by atoms with Crippen LogP contribution in [0.5, 0.6) is 5.75 Å². The van der Waals surface area contributed by atoms with E-state index in [9.17, 15) is 14.7 Å². The first-order valence-corrected chi connectivity index (χ1v) is 5.83. The van der Waals surface area contributed by atoms with Crippen LogP contribution in [0, 0.1) is 5.92 Å². The number of hydrogen-bond donors (Lipinski definition) is 2. The number of para-hydroxylation sites is 1. The molecule has 94 valence electrons. The second kappa shape index (κ2) is 3.48. The highest BCUT2D eigenvalue weighted by molar-refractivity contribution is 5.99. The lowest BCUT2D eigenvalue weighted by Crippen LogP contribution is -2.61. The molecule has 5 heteroatoms. The molecule has 2 aliphatic rings. The molecule has 5 nitrogen and oxygen atoms in total. The van der Waals surface area contributed by atoms with Gasteiger partial charge in [-0.05, 0) is 18.6 Å². The number of amides is 1. The Morgan fingerprint density at radius 3 is 2.94 bits per heavy atom. The SMILES string of the molecule is C[C@]12C[C@@H](c3ccccc3O1)[C@H](C(=O)O)C(=O)N2. The first-order chi connectivity index (χ1) is 8.50. The summed E-state index contributed by atoms with van der Waals surface area (Å²) in [4.78, 5) is 23.2. The van der Waals surface area contributed by atoms with Gasteiger partial charge in [-0.2, -0.15) is 0 Å². The normalized spacial score (nSPS) is 33.1. The van der Waals surface area contributed by atoms with Crippen molar-refractivity contribution in [2.24, 2.45) is 5.92 Å². The maximum absolute atomic E-state index is 11.9. The molecule has 1 fully saturated rings. The monoisotopic (exact) mass is 247 g/mol. The number of ether oxygens (including phenoxy) is 1. The molecule has 0 unspecified atom stereocenters. The van der Waals surface area contributed by atoms with Crippen LogP contribution < -0.4 is 10.1 Å². The summed E-state index contributed by atoms with van der Waals surface area (Å²) in [6.45, 7) is 1.77. The Balaban J connectivity index is 2.14. The summed E-state index contributed by atoms with van der Waals surface area (Å²) in [7, 11) is 0. The van der Waals surface area contributed by atoms with Gasteiger partial charge in [0.2, 0.25) is 5.91 Å². The number of benzene rings is 1. The summed E-state index contributed by atoms with van der Waals surface area (Å²) in [5.41, 5.74) is -0.000532. The second-order valence-corrected chi connectivity index (χ2v) is 4.99. The van der Waals surface area contributed by atoms with Crippen molar-refractivity contribution >= 4 is 11.9 Å². The number of fused-ring (bicyclic) bond motifs is 4. The average molecular weight is 247 g/mol. The smallest absolute Gasteiger partial charge is 0.316 e. The number of aliphatic carboxylic acids is 1. The lowest BCUT2D eigenvalue weighted by Gasteiger charge is -2.46. The van der Waals surface area contributed by atoms with Gasteiger partial charge in [-0.15, -0.1) is 0 Å². The van der Waals surface area contributed by atoms with Gasteiger partial charge in [0.25, 0.3) is 0 Å². The van der Waals surface area contributed by atoms with Crippen molar-refractivity contribution in [3.05, 3.63) is 29.8 Å². The highest BCUT2D eigenvalue weighted by Crippen LogP contribution is 2.46. The molecule has 18 heavy (non-hydrogen) atoms.